The summed E-state index contributed by atoms with van der Waals surface area (Å²) in [5.41, 5.74) is 0.269. The molecular formula is C21H17ClFNO5S. The molecule has 9 heteroatoms. The van der Waals surface area contributed by atoms with Crippen molar-refractivity contribution >= 4 is 33.3 Å². The fraction of sp³-hybridized carbons (Fsp3) is 0.0952. The van der Waals surface area contributed by atoms with Crippen molar-refractivity contribution in [1.29, 1.82) is 0 Å². The molecule has 3 aromatic carbocycles. The molecule has 0 aliphatic carbocycles. The quantitative estimate of drug-likeness (QED) is 0.397. The van der Waals surface area contributed by atoms with E-state index in [9.17, 15) is 17.6 Å². The number of benzene rings is 3. The first kappa shape index (κ1) is 21.6. The van der Waals surface area contributed by atoms with Crippen LogP contribution in [0.3, 0.4) is 0 Å². The predicted molar refractivity (Wildman–Crippen MR) is 111 cm³/mol. The van der Waals surface area contributed by atoms with Crippen molar-refractivity contribution in [1.82, 2.24) is 0 Å². The fourth-order valence-electron chi connectivity index (χ4n) is 2.52. The van der Waals surface area contributed by atoms with Crippen LogP contribution in [0.2, 0.25) is 5.02 Å². The molecule has 0 saturated heterocycles. The molecule has 0 saturated carbocycles. The normalized spacial score (nSPS) is 11.0. The molecule has 0 N–H and O–H groups in total. The van der Waals surface area contributed by atoms with Crippen molar-refractivity contribution in [2.24, 2.45) is 0 Å². The number of hydrogen-bond donors (Lipinski definition) is 0. The first-order valence-electron chi connectivity index (χ1n) is 8.70. The number of carbonyl (C=O) groups excluding carboxylic acids is 1. The largest absolute Gasteiger partial charge is 0.480 e. The Bertz CT molecular complexity index is 1150. The van der Waals surface area contributed by atoms with E-state index in [0.717, 1.165) is 10.4 Å². The average molecular weight is 450 g/mol. The molecule has 0 heterocycles. The number of sulfonamides is 1. The lowest BCUT2D eigenvalue weighted by atomic mass is 10.3. The van der Waals surface area contributed by atoms with E-state index < -0.39 is 26.7 Å². The molecule has 0 spiro atoms. The SMILES string of the molecule is CN(c1ccc(OC(=O)COc2ccccc2Cl)cc1)S(=O)(=O)c1ccccc1F. The van der Waals surface area contributed by atoms with Crippen LogP contribution in [0.1, 0.15) is 0 Å². The number of ether oxygens (including phenoxy) is 2. The highest BCUT2D eigenvalue weighted by molar-refractivity contribution is 7.92. The zero-order valence-corrected chi connectivity index (χ0v) is 17.4. The highest BCUT2D eigenvalue weighted by atomic mass is 35.5. The number of esters is 1. The number of nitrogens with zero attached hydrogens (tertiary/aromatic N) is 1. The van der Waals surface area contributed by atoms with E-state index in [0.29, 0.717) is 10.8 Å². The Morgan fingerprint density at radius 3 is 2.30 bits per heavy atom. The maximum atomic E-state index is 13.9. The maximum Gasteiger partial charge on any atom is 0.349 e. The molecule has 0 bridgehead atoms. The second-order valence-electron chi connectivity index (χ2n) is 6.09. The first-order chi connectivity index (χ1) is 14.3. The summed E-state index contributed by atoms with van der Waals surface area (Å²) in [5.74, 6) is -0.946. The molecule has 3 aromatic rings. The highest BCUT2D eigenvalue weighted by Crippen LogP contribution is 2.26. The van der Waals surface area contributed by atoms with E-state index in [1.54, 1.807) is 24.3 Å². The second-order valence-corrected chi connectivity index (χ2v) is 8.43. The molecule has 0 aliphatic rings. The third-order valence-electron chi connectivity index (χ3n) is 4.09. The van der Waals surface area contributed by atoms with Crippen LogP contribution in [0.15, 0.2) is 77.7 Å². The zero-order valence-electron chi connectivity index (χ0n) is 15.8. The summed E-state index contributed by atoms with van der Waals surface area (Å²) in [6.45, 7) is -0.354. The van der Waals surface area contributed by atoms with Crippen LogP contribution in [0.25, 0.3) is 0 Å². The van der Waals surface area contributed by atoms with Crippen molar-refractivity contribution < 1.29 is 27.1 Å². The van der Waals surface area contributed by atoms with Crippen LogP contribution < -0.4 is 13.8 Å². The summed E-state index contributed by atoms with van der Waals surface area (Å²) in [6, 6.07) is 17.6. The van der Waals surface area contributed by atoms with Crippen molar-refractivity contribution in [2.45, 2.75) is 4.90 Å². The monoisotopic (exact) mass is 449 g/mol. The van der Waals surface area contributed by atoms with Crippen molar-refractivity contribution in [2.75, 3.05) is 18.0 Å². The standard InChI is InChI=1S/C21H17ClFNO5S/c1-24(30(26,27)20-9-5-3-7-18(20)23)15-10-12-16(13-11-15)29-21(25)14-28-19-8-4-2-6-17(19)22/h2-13H,14H2,1H3. The van der Waals surface area contributed by atoms with Crippen molar-refractivity contribution in [3.8, 4) is 11.5 Å². The Balaban J connectivity index is 1.65. The molecule has 0 unspecified atom stereocenters. The van der Waals surface area contributed by atoms with Crippen LogP contribution in [0.5, 0.6) is 11.5 Å². The van der Waals surface area contributed by atoms with Gasteiger partial charge in [0.25, 0.3) is 10.0 Å². The Hall–Kier alpha value is -3.10. The summed E-state index contributed by atoms with van der Waals surface area (Å²) < 4.78 is 50.6. The van der Waals surface area contributed by atoms with Gasteiger partial charge in [-0.2, -0.15) is 0 Å². The van der Waals surface area contributed by atoms with Gasteiger partial charge in [-0.1, -0.05) is 35.9 Å². The molecule has 0 aromatic heterocycles. The minimum Gasteiger partial charge on any atom is -0.480 e. The number of carbonyl (C=O) groups is 1. The van der Waals surface area contributed by atoms with Gasteiger partial charge >= 0.3 is 5.97 Å². The third-order valence-corrected chi connectivity index (χ3v) is 6.22. The van der Waals surface area contributed by atoms with Crippen LogP contribution in [-0.2, 0) is 14.8 Å². The van der Waals surface area contributed by atoms with Gasteiger partial charge in [-0.05, 0) is 48.5 Å². The molecular weight excluding hydrogens is 433 g/mol. The van der Waals surface area contributed by atoms with Gasteiger partial charge in [0, 0.05) is 7.05 Å². The van der Waals surface area contributed by atoms with Crippen LogP contribution >= 0.6 is 11.6 Å². The van der Waals surface area contributed by atoms with Gasteiger partial charge in [-0.15, -0.1) is 0 Å². The van der Waals surface area contributed by atoms with Gasteiger partial charge in [0.2, 0.25) is 0 Å². The molecule has 0 atom stereocenters. The smallest absolute Gasteiger partial charge is 0.349 e. The number of halogens is 2. The van der Waals surface area contributed by atoms with E-state index in [-0.39, 0.29) is 18.0 Å². The number of para-hydroxylation sites is 1. The van der Waals surface area contributed by atoms with Crippen molar-refractivity contribution in [3.63, 3.8) is 0 Å². The lowest BCUT2D eigenvalue weighted by Crippen LogP contribution is -2.27. The van der Waals surface area contributed by atoms with Crippen LogP contribution in [-0.4, -0.2) is 28.0 Å². The summed E-state index contributed by atoms with van der Waals surface area (Å²) in [4.78, 5) is 11.5. The Kier molecular flexibility index (Phi) is 6.59. The molecule has 3 rings (SSSR count). The third kappa shape index (κ3) is 4.90. The molecule has 156 valence electrons. The molecule has 0 amide bonds. The van der Waals surface area contributed by atoms with Crippen LogP contribution in [0.4, 0.5) is 10.1 Å². The van der Waals surface area contributed by atoms with Gasteiger partial charge in [0.05, 0.1) is 10.7 Å². The fourth-order valence-corrected chi connectivity index (χ4v) is 3.97. The average Bonchev–Trinajstić information content (AvgIpc) is 2.73. The lowest BCUT2D eigenvalue weighted by molar-refractivity contribution is -0.136. The summed E-state index contributed by atoms with van der Waals surface area (Å²) in [7, 11) is -2.78. The van der Waals surface area contributed by atoms with E-state index in [4.69, 9.17) is 21.1 Å². The molecule has 0 fully saturated rings. The van der Waals surface area contributed by atoms with Gasteiger partial charge < -0.3 is 9.47 Å². The first-order valence-corrected chi connectivity index (χ1v) is 10.5. The van der Waals surface area contributed by atoms with E-state index in [1.165, 1.54) is 49.5 Å². The lowest BCUT2D eigenvalue weighted by Gasteiger charge is -2.20. The highest BCUT2D eigenvalue weighted by Gasteiger charge is 2.24. The number of rotatable bonds is 7. The minimum atomic E-state index is -4.08. The predicted octanol–water partition coefficient (Wildman–Crippen LogP) is 4.29. The van der Waals surface area contributed by atoms with E-state index in [1.807, 2.05) is 0 Å². The Morgan fingerprint density at radius 1 is 1.00 bits per heavy atom. The second kappa shape index (κ2) is 9.15. The molecule has 6 nitrogen and oxygen atoms in total. The van der Waals surface area contributed by atoms with Gasteiger partial charge in [0.1, 0.15) is 22.2 Å². The minimum absolute atomic E-state index is 0.197. The number of hydrogen-bond acceptors (Lipinski definition) is 5. The topological polar surface area (TPSA) is 72.9 Å². The van der Waals surface area contributed by atoms with Gasteiger partial charge in [-0.25, -0.2) is 17.6 Å². The Morgan fingerprint density at radius 2 is 1.63 bits per heavy atom. The van der Waals surface area contributed by atoms with E-state index in [2.05, 4.69) is 0 Å². The molecule has 30 heavy (non-hydrogen) atoms. The maximum absolute atomic E-state index is 13.9. The summed E-state index contributed by atoms with van der Waals surface area (Å²) in [6.07, 6.45) is 0. The Labute approximate surface area is 178 Å². The van der Waals surface area contributed by atoms with Gasteiger partial charge in [-0.3, -0.25) is 4.31 Å². The van der Waals surface area contributed by atoms with Crippen LogP contribution in [0, 0.1) is 5.82 Å². The summed E-state index contributed by atoms with van der Waals surface area (Å²) >= 11 is 5.95. The van der Waals surface area contributed by atoms with Crippen molar-refractivity contribution in [3.05, 3.63) is 83.6 Å². The molecule has 0 radical (unpaired) electrons. The van der Waals surface area contributed by atoms with Gasteiger partial charge in [0.15, 0.2) is 6.61 Å². The molecule has 0 aliphatic heterocycles. The summed E-state index contributed by atoms with van der Waals surface area (Å²) in [5, 5.41) is 0.369. The number of anilines is 1. The zero-order chi connectivity index (χ0) is 21.7. The van der Waals surface area contributed by atoms with E-state index >= 15 is 0 Å².